The van der Waals surface area contributed by atoms with Crippen LogP contribution in [0.1, 0.15) is 11.1 Å². The number of thioether (sulfide) groups is 3. The highest BCUT2D eigenvalue weighted by atomic mass is 35.5. The number of nitro groups is 2. The van der Waals surface area contributed by atoms with Crippen LogP contribution in [0, 0.1) is 52.0 Å². The lowest BCUT2D eigenvalue weighted by Gasteiger charge is -2.10. The number of anilines is 3. The number of fused-ring (bicyclic) bond motifs is 2. The predicted octanol–water partition coefficient (Wildman–Crippen LogP) is 14.1. The quantitative estimate of drug-likeness (QED) is 0.00568. The van der Waals surface area contributed by atoms with Crippen molar-refractivity contribution in [3.8, 4) is 34.5 Å². The molecule has 6 aromatic carbocycles. The number of carbonyl (C=O) groups excluding carboxylic acids is 3. The first-order valence-corrected chi connectivity index (χ1v) is 44.5. The average molecular weight is 1800 g/mol. The van der Waals surface area contributed by atoms with Crippen LogP contribution < -0.4 is 44.8 Å². The molecule has 0 aliphatic heterocycles. The van der Waals surface area contributed by atoms with Gasteiger partial charge in [0.2, 0.25) is 17.1 Å². The number of non-ortho nitro benzene ring substituents is 2. The number of alkyl halides is 2. The Morgan fingerprint density at radius 3 is 1.37 bits per heavy atom. The van der Waals surface area contributed by atoms with E-state index in [4.69, 9.17) is 94.3 Å². The molecule has 0 saturated heterocycles. The molecule has 4 aromatic heterocycles. The first-order valence-electron chi connectivity index (χ1n) is 31.6. The molecule has 10 aromatic rings. The van der Waals surface area contributed by atoms with E-state index in [0.717, 1.165) is 58.3 Å². The third kappa shape index (κ3) is 31.3. The fourth-order valence-electron chi connectivity index (χ4n) is 8.88. The maximum Gasteiger partial charge on any atom is 0.274 e. The number of nitrogen functional groups attached to an aromatic ring is 1. The molecule has 616 valence electrons. The zero-order valence-electron chi connectivity index (χ0n) is 63.4. The summed E-state index contributed by atoms with van der Waals surface area (Å²) in [6.45, 7) is 17.6. The normalized spacial score (nSPS) is 10.6. The lowest BCUT2D eigenvalue weighted by atomic mass is 10.2. The number of nitrogens with two attached hydrogens (primary N) is 1. The number of pyridine rings is 2. The molecule has 0 bridgehead atoms. The minimum absolute atomic E-state index is 0.00123. The molecule has 115 heavy (non-hydrogen) atoms. The van der Waals surface area contributed by atoms with E-state index < -0.39 is 60.3 Å². The Morgan fingerprint density at radius 1 is 0.548 bits per heavy atom. The average Bonchev–Trinajstić information content (AvgIpc) is 1.66. The molecular weight excluding hydrogens is 1720 g/mol. The van der Waals surface area contributed by atoms with E-state index in [0.29, 0.717) is 66.7 Å². The van der Waals surface area contributed by atoms with E-state index in [1.807, 2.05) is 43.7 Å². The standard InChI is InChI=1S/C18H17N5O4S2.C10H12ClNO4S.C8H6N4S.C8H9NO5S.C8H11NO3S.C8H9NO3S.C8H10OS.C2H2Cl2O/c1-10-16-12(8-20-17(10)19-2)22-18(23-16)28-9-15(24)21-11-5-6-13(27-3)14(7-11)29(4,25)26;1-16-8-4-3-7(12-10(13)6-11)5-9(8)17(2,14)15;1-4-6-5(11-8(13)12-6)3-10-7(4)9-2;1-14-7-4-3-6(9(10)11)5-8(7)15(2,12)13;1-12-7-4-3-6(9)5-8(7)13(2,10)11;1-12-7-4-3-6(9(10)11)5-8(7)13-2;1-9-7-5-3-4-6-8(7)10-2;3-1-2(4)5/h5-8H,9H2,1,3-4H3,(H,21,24)(H,22,23);3-5H,6H2,1-2H3,(H,12,13);3H,1H3,(H2,11,12,13);3-5H,1-2H3;3-5H,9H2,1-2H3;3-5H,1-2H3;3-6H,1-2H3;1H2. The molecule has 0 aliphatic carbocycles. The number of aromatic nitrogens is 6. The van der Waals surface area contributed by atoms with Gasteiger partial charge in [0.15, 0.2) is 49.3 Å². The molecule has 0 aliphatic rings. The number of amides is 2. The Morgan fingerprint density at radius 2 is 0.948 bits per heavy atom. The molecule has 0 fully saturated rings. The number of carbonyl (C=O) groups is 3. The summed E-state index contributed by atoms with van der Waals surface area (Å²) in [6, 6.07) is 29.2. The van der Waals surface area contributed by atoms with E-state index >= 15 is 0 Å². The lowest BCUT2D eigenvalue weighted by molar-refractivity contribution is -0.385. The van der Waals surface area contributed by atoms with Gasteiger partial charge in [0.1, 0.15) is 83.4 Å². The van der Waals surface area contributed by atoms with Crippen LogP contribution in [0.25, 0.3) is 31.8 Å². The van der Waals surface area contributed by atoms with Crippen LogP contribution in [0.2, 0.25) is 0 Å². The van der Waals surface area contributed by atoms with Crippen LogP contribution in [0.5, 0.6) is 34.5 Å². The zero-order valence-corrected chi connectivity index (χ0v) is 72.2. The molecule has 0 unspecified atom stereocenters. The molecule has 10 rings (SSSR count). The lowest BCUT2D eigenvalue weighted by Crippen LogP contribution is -2.14. The molecule has 34 nitrogen and oxygen atoms in total. The first kappa shape index (κ1) is 98.7. The molecule has 0 radical (unpaired) electrons. The molecule has 7 N–H and O–H groups in total. The number of halogens is 3. The van der Waals surface area contributed by atoms with Crippen molar-refractivity contribution < 1.29 is 86.3 Å². The number of nitrogens with one attached hydrogen (secondary N) is 5. The summed E-state index contributed by atoms with van der Waals surface area (Å²) in [6.07, 6.45) is 11.3. The van der Waals surface area contributed by atoms with Crippen LogP contribution in [-0.4, -0.2) is 188 Å². The fraction of sp³-hybridized carbons (Fsp3) is 0.243. The van der Waals surface area contributed by atoms with Gasteiger partial charge in [-0.15, -0.1) is 56.7 Å². The van der Waals surface area contributed by atoms with Gasteiger partial charge in [-0.1, -0.05) is 37.0 Å². The number of aryl methyl sites for hydroxylation is 2. The smallest absolute Gasteiger partial charge is 0.274 e. The number of imidazole rings is 2. The maximum absolute atomic E-state index is 12.3. The molecule has 0 saturated carbocycles. The Bertz CT molecular complexity index is 5750. The van der Waals surface area contributed by atoms with Gasteiger partial charge in [0.25, 0.3) is 23.0 Å². The van der Waals surface area contributed by atoms with Gasteiger partial charge < -0.3 is 69.4 Å². The highest BCUT2D eigenvalue weighted by molar-refractivity contribution is 8.00. The number of ether oxygens (including phenoxy) is 6. The minimum atomic E-state index is -3.53. The van der Waals surface area contributed by atoms with Crippen molar-refractivity contribution >= 4 is 201 Å². The Hall–Kier alpha value is -10.5. The topological polar surface area (TPSA) is 474 Å². The highest BCUT2D eigenvalue weighted by Gasteiger charge is 2.22. The molecule has 45 heteroatoms. The van der Waals surface area contributed by atoms with E-state index in [-0.39, 0.29) is 71.6 Å². The number of H-pyrrole nitrogens is 3. The number of benzene rings is 6. The number of hydrogen-bond acceptors (Lipinski definition) is 29. The van der Waals surface area contributed by atoms with E-state index in [9.17, 15) is 68.3 Å². The summed E-state index contributed by atoms with van der Waals surface area (Å²) >= 11 is 24.1. The summed E-state index contributed by atoms with van der Waals surface area (Å²) < 4.78 is 122. The summed E-state index contributed by atoms with van der Waals surface area (Å²) in [7, 11) is -5.03. The van der Waals surface area contributed by atoms with Crippen molar-refractivity contribution in [3.05, 3.63) is 187 Å². The van der Waals surface area contributed by atoms with E-state index in [1.54, 1.807) is 57.3 Å². The van der Waals surface area contributed by atoms with Gasteiger partial charge in [-0.3, -0.25) is 34.6 Å². The van der Waals surface area contributed by atoms with Crippen LogP contribution in [-0.2, 0) is 53.7 Å². The number of sulfone groups is 4. The number of rotatable bonds is 21. The van der Waals surface area contributed by atoms with Crippen LogP contribution in [0.15, 0.2) is 162 Å². The predicted molar refractivity (Wildman–Crippen MR) is 449 cm³/mol. The zero-order chi connectivity index (χ0) is 86.9. The second-order valence-electron chi connectivity index (χ2n) is 22.3. The Balaban J connectivity index is 0.000000353. The number of hydrogen-bond donors (Lipinski definition) is 6. The van der Waals surface area contributed by atoms with Gasteiger partial charge in [0, 0.05) is 82.4 Å². The highest BCUT2D eigenvalue weighted by Crippen LogP contribution is 2.34. The Kier molecular flexibility index (Phi) is 40.1. The van der Waals surface area contributed by atoms with E-state index in [1.165, 1.54) is 130 Å². The van der Waals surface area contributed by atoms with Crippen molar-refractivity contribution in [2.75, 3.05) is 114 Å². The van der Waals surface area contributed by atoms with Crippen LogP contribution in [0.3, 0.4) is 0 Å². The molecular formula is C70H76Cl3N13O21S8. The summed E-state index contributed by atoms with van der Waals surface area (Å²) in [5.41, 5.74) is 10.9. The van der Waals surface area contributed by atoms with Gasteiger partial charge in [0.05, 0.1) is 80.1 Å². The number of nitro benzene ring substituents is 2. The molecule has 0 spiro atoms. The number of methoxy groups -OCH3 is 6. The third-order valence-corrected chi connectivity index (χ3v) is 22.0. The minimum Gasteiger partial charge on any atom is -0.496 e. The first-order chi connectivity index (χ1) is 54.0. The number of para-hydroxylation sites is 1. The number of aromatic amines is 3. The van der Waals surface area contributed by atoms with Crippen molar-refractivity contribution in [2.24, 2.45) is 0 Å². The maximum atomic E-state index is 12.3. The second kappa shape index (κ2) is 46.7. The molecule has 4 heterocycles. The number of nitrogens with zero attached hydrogens (tertiary/aromatic N) is 7. The van der Waals surface area contributed by atoms with Gasteiger partial charge in [-0.05, 0) is 129 Å². The summed E-state index contributed by atoms with van der Waals surface area (Å²) in [5.74, 6) is 2.23. The van der Waals surface area contributed by atoms with Gasteiger partial charge >= 0.3 is 0 Å². The third-order valence-electron chi connectivity index (χ3n) is 14.2. The van der Waals surface area contributed by atoms with E-state index in [2.05, 4.69) is 50.2 Å². The fourth-order valence-corrected chi connectivity index (χ4v) is 14.4. The molecule has 2 amide bonds. The van der Waals surface area contributed by atoms with Crippen molar-refractivity contribution in [1.82, 2.24) is 29.9 Å². The van der Waals surface area contributed by atoms with Crippen molar-refractivity contribution in [1.29, 1.82) is 0 Å². The van der Waals surface area contributed by atoms with Crippen LogP contribution in [0.4, 0.5) is 40.1 Å². The second-order valence-corrected chi connectivity index (χ2v) is 34.3. The molecule has 0 atom stereocenters. The summed E-state index contributed by atoms with van der Waals surface area (Å²) in [4.78, 5) is 82.6. The van der Waals surface area contributed by atoms with Crippen molar-refractivity contribution in [2.45, 2.75) is 48.4 Å². The van der Waals surface area contributed by atoms with Gasteiger partial charge in [-0.25, -0.2) is 38.7 Å². The SMILES string of the molecule is COc1ccc(N)cc1S(C)(=O)=O.COc1ccc(NC(=O)CCl)cc1S(C)(=O)=O.COc1ccc([N+](=O)[O-])cc1S(C)(=O)=O.COc1ccc([N+](=O)[O-])cc1SC.COc1ccccc1SC.O=C(Cl)CCl.[C-]#[N+]c1ncc2[nH]c(=S)[nH]c2c1C.[C-]#[N+]c1ncc2[nH]c(SCC(=O)Nc3ccc(OC)c(S(C)(=O)=O)c3)nc2c1C. The van der Waals surface area contributed by atoms with Crippen molar-refractivity contribution in [3.63, 3.8) is 0 Å². The van der Waals surface area contributed by atoms with Crippen LogP contribution >= 0.6 is 82.3 Å². The largest absolute Gasteiger partial charge is 0.496 e. The Labute approximate surface area is 695 Å². The monoisotopic (exact) mass is 1800 g/mol. The van der Waals surface area contributed by atoms with Gasteiger partial charge in [-0.2, -0.15) is 0 Å². The summed E-state index contributed by atoms with van der Waals surface area (Å²) in [5, 5.41) is 26.0.